The first-order chi connectivity index (χ1) is 10.6. The number of hydrogen-bond donors (Lipinski definition) is 2. The van der Waals surface area contributed by atoms with E-state index in [4.69, 9.17) is 5.73 Å². The molecule has 1 aromatic carbocycles. The zero-order chi connectivity index (χ0) is 15.9. The van der Waals surface area contributed by atoms with Crippen LogP contribution >= 0.6 is 0 Å². The van der Waals surface area contributed by atoms with Gasteiger partial charge in [0.05, 0.1) is 6.54 Å². The summed E-state index contributed by atoms with van der Waals surface area (Å²) in [6, 6.07) is 11.6. The van der Waals surface area contributed by atoms with Crippen molar-refractivity contribution in [3.63, 3.8) is 0 Å². The molecule has 4 heteroatoms. The highest BCUT2D eigenvalue weighted by molar-refractivity contribution is 5.78. The molecule has 0 bridgehead atoms. The van der Waals surface area contributed by atoms with Crippen molar-refractivity contribution in [1.82, 2.24) is 10.2 Å². The van der Waals surface area contributed by atoms with E-state index in [-0.39, 0.29) is 18.5 Å². The summed E-state index contributed by atoms with van der Waals surface area (Å²) in [5.41, 5.74) is 6.79. The summed E-state index contributed by atoms with van der Waals surface area (Å²) < 4.78 is 0. The van der Waals surface area contributed by atoms with Crippen LogP contribution in [0.4, 0.5) is 0 Å². The quantitative estimate of drug-likeness (QED) is 0.847. The molecule has 0 heterocycles. The molecular weight excluding hydrogens is 274 g/mol. The lowest BCUT2D eigenvalue weighted by molar-refractivity contribution is -0.121. The molecule has 1 aromatic rings. The SMILES string of the molecule is CC(C)N(Cc1ccccc1)[C@H]1CCCC[C@@H]1NC(=O)CN. The van der Waals surface area contributed by atoms with Crippen LogP contribution in [0.5, 0.6) is 0 Å². The van der Waals surface area contributed by atoms with Crippen LogP contribution in [0.2, 0.25) is 0 Å². The molecule has 22 heavy (non-hydrogen) atoms. The maximum absolute atomic E-state index is 11.7. The fraction of sp³-hybridized carbons (Fsp3) is 0.611. The van der Waals surface area contributed by atoms with Gasteiger partial charge in [0.2, 0.25) is 5.91 Å². The summed E-state index contributed by atoms with van der Waals surface area (Å²) in [5.74, 6) is -0.0414. The fourth-order valence-electron chi connectivity index (χ4n) is 3.42. The maximum Gasteiger partial charge on any atom is 0.234 e. The first-order valence-corrected chi connectivity index (χ1v) is 8.41. The van der Waals surface area contributed by atoms with E-state index >= 15 is 0 Å². The van der Waals surface area contributed by atoms with Crippen LogP contribution < -0.4 is 11.1 Å². The second-order valence-electron chi connectivity index (χ2n) is 6.48. The van der Waals surface area contributed by atoms with Gasteiger partial charge >= 0.3 is 0 Å². The second kappa shape index (κ2) is 8.30. The van der Waals surface area contributed by atoms with Gasteiger partial charge in [0, 0.05) is 24.7 Å². The van der Waals surface area contributed by atoms with E-state index < -0.39 is 0 Å². The maximum atomic E-state index is 11.7. The van der Waals surface area contributed by atoms with Gasteiger partial charge in [-0.1, -0.05) is 43.2 Å². The molecule has 1 amide bonds. The molecule has 4 nitrogen and oxygen atoms in total. The van der Waals surface area contributed by atoms with E-state index in [1.807, 2.05) is 6.07 Å². The van der Waals surface area contributed by atoms with Crippen molar-refractivity contribution in [3.05, 3.63) is 35.9 Å². The molecule has 122 valence electrons. The normalized spacial score (nSPS) is 22.0. The molecule has 0 spiro atoms. The highest BCUT2D eigenvalue weighted by Crippen LogP contribution is 2.26. The smallest absolute Gasteiger partial charge is 0.234 e. The zero-order valence-corrected chi connectivity index (χ0v) is 13.8. The van der Waals surface area contributed by atoms with E-state index in [0.29, 0.717) is 12.1 Å². The number of benzene rings is 1. The van der Waals surface area contributed by atoms with E-state index in [9.17, 15) is 4.79 Å². The number of carbonyl (C=O) groups excluding carboxylic acids is 1. The third-order valence-electron chi connectivity index (χ3n) is 4.56. The van der Waals surface area contributed by atoms with Crippen LogP contribution in [0.15, 0.2) is 30.3 Å². The van der Waals surface area contributed by atoms with Gasteiger partial charge in [0.25, 0.3) is 0 Å². The average Bonchev–Trinajstić information content (AvgIpc) is 2.54. The molecular formula is C18H29N3O. The number of hydrogen-bond acceptors (Lipinski definition) is 3. The minimum absolute atomic E-state index is 0.0414. The molecule has 1 aliphatic rings. The van der Waals surface area contributed by atoms with Gasteiger partial charge in [-0.25, -0.2) is 0 Å². The van der Waals surface area contributed by atoms with E-state index in [2.05, 4.69) is 48.3 Å². The molecule has 2 atom stereocenters. The number of rotatable bonds is 6. The Bertz CT molecular complexity index is 461. The summed E-state index contributed by atoms with van der Waals surface area (Å²) in [6.45, 7) is 5.47. The van der Waals surface area contributed by atoms with Gasteiger partial charge in [-0.3, -0.25) is 9.69 Å². The summed E-state index contributed by atoms with van der Waals surface area (Å²) in [6.07, 6.45) is 4.61. The first-order valence-electron chi connectivity index (χ1n) is 8.41. The van der Waals surface area contributed by atoms with E-state index in [0.717, 1.165) is 19.4 Å². The standard InChI is InChI=1S/C18H29N3O/c1-14(2)21(13-15-8-4-3-5-9-15)17-11-7-6-10-16(17)20-18(22)12-19/h3-5,8-9,14,16-17H,6-7,10-13,19H2,1-2H3,(H,20,22)/t16-,17-/m0/s1. The van der Waals surface area contributed by atoms with Crippen LogP contribution in [-0.4, -0.2) is 35.5 Å². The average molecular weight is 303 g/mol. The highest BCUT2D eigenvalue weighted by atomic mass is 16.1. The molecule has 3 N–H and O–H groups in total. The summed E-state index contributed by atoms with van der Waals surface area (Å²) in [4.78, 5) is 14.2. The Morgan fingerprint density at radius 3 is 2.59 bits per heavy atom. The minimum Gasteiger partial charge on any atom is -0.351 e. The third kappa shape index (κ3) is 4.55. The molecule has 1 saturated carbocycles. The van der Waals surface area contributed by atoms with Crippen LogP contribution in [-0.2, 0) is 11.3 Å². The van der Waals surface area contributed by atoms with Crippen molar-refractivity contribution in [2.45, 2.75) is 64.2 Å². The Kier molecular flexibility index (Phi) is 6.40. The molecule has 0 aromatic heterocycles. The van der Waals surface area contributed by atoms with Crippen LogP contribution in [0.1, 0.15) is 45.1 Å². The summed E-state index contributed by atoms with van der Waals surface area (Å²) in [5, 5.41) is 3.13. The van der Waals surface area contributed by atoms with Gasteiger partial charge in [-0.15, -0.1) is 0 Å². The number of nitrogens with two attached hydrogens (primary N) is 1. The van der Waals surface area contributed by atoms with Crippen molar-refractivity contribution < 1.29 is 4.79 Å². The first kappa shape index (κ1) is 17.0. The number of carbonyl (C=O) groups is 1. The number of nitrogens with one attached hydrogen (secondary N) is 1. The molecule has 1 aliphatic carbocycles. The Hall–Kier alpha value is -1.39. The van der Waals surface area contributed by atoms with Gasteiger partial charge < -0.3 is 11.1 Å². The molecule has 0 saturated heterocycles. The third-order valence-corrected chi connectivity index (χ3v) is 4.56. The molecule has 2 rings (SSSR count). The Morgan fingerprint density at radius 1 is 1.27 bits per heavy atom. The Labute approximate surface area is 134 Å². The fourth-order valence-corrected chi connectivity index (χ4v) is 3.42. The lowest BCUT2D eigenvalue weighted by Gasteiger charge is -2.42. The van der Waals surface area contributed by atoms with Crippen molar-refractivity contribution >= 4 is 5.91 Å². The van der Waals surface area contributed by atoms with Crippen molar-refractivity contribution in [2.24, 2.45) is 5.73 Å². The van der Waals surface area contributed by atoms with Gasteiger partial charge in [0.15, 0.2) is 0 Å². The highest BCUT2D eigenvalue weighted by Gasteiger charge is 2.32. The number of nitrogens with zero attached hydrogens (tertiary/aromatic N) is 1. The van der Waals surface area contributed by atoms with Crippen molar-refractivity contribution in [2.75, 3.05) is 6.54 Å². The van der Waals surface area contributed by atoms with Gasteiger partial charge in [-0.2, -0.15) is 0 Å². The zero-order valence-electron chi connectivity index (χ0n) is 13.8. The molecule has 0 unspecified atom stereocenters. The second-order valence-corrected chi connectivity index (χ2v) is 6.48. The predicted octanol–water partition coefficient (Wildman–Crippen LogP) is 2.28. The summed E-state index contributed by atoms with van der Waals surface area (Å²) in [7, 11) is 0. The largest absolute Gasteiger partial charge is 0.351 e. The molecule has 0 radical (unpaired) electrons. The minimum atomic E-state index is -0.0414. The predicted molar refractivity (Wildman–Crippen MR) is 90.4 cm³/mol. The molecule has 1 fully saturated rings. The van der Waals surface area contributed by atoms with Crippen molar-refractivity contribution in [3.8, 4) is 0 Å². The van der Waals surface area contributed by atoms with E-state index in [1.54, 1.807) is 0 Å². The topological polar surface area (TPSA) is 58.4 Å². The Balaban J connectivity index is 2.11. The number of amides is 1. The van der Waals surface area contributed by atoms with Crippen LogP contribution in [0, 0.1) is 0 Å². The lowest BCUT2D eigenvalue weighted by atomic mass is 9.88. The van der Waals surface area contributed by atoms with Gasteiger partial charge in [0.1, 0.15) is 0 Å². The van der Waals surface area contributed by atoms with Crippen molar-refractivity contribution in [1.29, 1.82) is 0 Å². The molecule has 0 aliphatic heterocycles. The lowest BCUT2D eigenvalue weighted by Crippen LogP contribution is -2.55. The van der Waals surface area contributed by atoms with E-state index in [1.165, 1.54) is 18.4 Å². The summed E-state index contributed by atoms with van der Waals surface area (Å²) >= 11 is 0. The van der Waals surface area contributed by atoms with Gasteiger partial charge in [-0.05, 0) is 32.3 Å². The van der Waals surface area contributed by atoms with Crippen LogP contribution in [0.25, 0.3) is 0 Å². The van der Waals surface area contributed by atoms with Crippen LogP contribution in [0.3, 0.4) is 0 Å². The monoisotopic (exact) mass is 303 g/mol. The Morgan fingerprint density at radius 2 is 1.95 bits per heavy atom.